The van der Waals surface area contributed by atoms with Crippen LogP contribution in [0.1, 0.15) is 53.8 Å². The Balaban J connectivity index is 1.42. The van der Waals surface area contributed by atoms with Crippen LogP contribution in [0.5, 0.6) is 11.5 Å². The minimum atomic E-state index is -3.47. The van der Waals surface area contributed by atoms with E-state index in [2.05, 4.69) is 31.1 Å². The Morgan fingerprint density at radius 3 is 2.53 bits per heavy atom. The first-order valence-corrected chi connectivity index (χ1v) is 16.5. The Morgan fingerprint density at radius 1 is 1.07 bits per heavy atom. The van der Waals surface area contributed by atoms with Gasteiger partial charge in [-0.1, -0.05) is 44.5 Å². The molecule has 0 aliphatic heterocycles. The second kappa shape index (κ2) is 14.0. The molecule has 0 unspecified atom stereocenters. The van der Waals surface area contributed by atoms with Crippen LogP contribution in [0.15, 0.2) is 77.0 Å². The number of carbonyl (C=O) groups excluding carboxylic acids is 1. The van der Waals surface area contributed by atoms with Crippen LogP contribution in [-0.4, -0.2) is 31.7 Å². The first-order chi connectivity index (χ1) is 20.4. The molecule has 0 spiro atoms. The molecule has 1 heterocycles. The first-order valence-electron chi connectivity index (χ1n) is 13.5. The normalized spacial score (nSPS) is 11.5. The maximum atomic E-state index is 13.2. The SMILES string of the molecule is CC(C)(C)c1csc(COc2cccc(C(=O)Nc3cc(CCCS(=O)(=O)c4ccc(Cl)cc4)ccc3OCC#N)c2)n1. The number of nitrogens with zero attached hydrogens (tertiary/aromatic N) is 2. The van der Waals surface area contributed by atoms with E-state index in [1.807, 2.05) is 11.4 Å². The largest absolute Gasteiger partial charge is 0.486 e. The molecule has 11 heteroatoms. The number of anilines is 1. The minimum Gasteiger partial charge on any atom is -0.486 e. The molecular weight excluding hydrogens is 606 g/mol. The number of carbonyl (C=O) groups is 1. The predicted molar refractivity (Wildman–Crippen MR) is 169 cm³/mol. The molecule has 0 bridgehead atoms. The summed E-state index contributed by atoms with van der Waals surface area (Å²) in [5.41, 5.74) is 2.51. The Labute approximate surface area is 261 Å². The number of sulfone groups is 1. The van der Waals surface area contributed by atoms with E-state index in [9.17, 15) is 13.2 Å². The van der Waals surface area contributed by atoms with Crippen LogP contribution in [0.3, 0.4) is 0 Å². The number of rotatable bonds is 12. The van der Waals surface area contributed by atoms with Gasteiger partial charge in [0.05, 0.1) is 22.0 Å². The van der Waals surface area contributed by atoms with Gasteiger partial charge in [-0.05, 0) is 73.0 Å². The van der Waals surface area contributed by atoms with Crippen molar-refractivity contribution in [3.05, 3.63) is 99.0 Å². The third-order valence-electron chi connectivity index (χ3n) is 6.41. The smallest absolute Gasteiger partial charge is 0.255 e. The third-order valence-corrected chi connectivity index (χ3v) is 9.31. The quantitative estimate of drug-likeness (QED) is 0.174. The standard InChI is InChI=1S/C32H32ClN3O5S2/c1-32(2,3)29-21-42-30(36-29)20-41-25-8-4-7-23(19-25)31(37)35-27-18-22(9-14-28(27)40-16-15-34)6-5-17-43(38,39)26-12-10-24(33)11-13-26/h4,7-14,18-19,21H,5-6,16-17,20H2,1-3H3,(H,35,37). The van der Waals surface area contributed by atoms with Crippen molar-refractivity contribution in [2.45, 2.75) is 50.5 Å². The van der Waals surface area contributed by atoms with Crippen LogP contribution in [0.4, 0.5) is 5.69 Å². The van der Waals surface area contributed by atoms with Crippen molar-refractivity contribution in [2.24, 2.45) is 0 Å². The molecule has 0 aliphatic rings. The Kier molecular flexibility index (Phi) is 10.5. The number of aryl methyl sites for hydroxylation is 1. The van der Waals surface area contributed by atoms with E-state index in [0.29, 0.717) is 40.6 Å². The molecule has 0 fully saturated rings. The fourth-order valence-corrected chi connectivity index (χ4v) is 6.45. The lowest BCUT2D eigenvalue weighted by atomic mass is 9.93. The maximum Gasteiger partial charge on any atom is 0.255 e. The molecule has 4 rings (SSSR count). The molecule has 0 radical (unpaired) electrons. The summed E-state index contributed by atoms with van der Waals surface area (Å²) in [6.45, 7) is 6.41. The van der Waals surface area contributed by atoms with Crippen molar-refractivity contribution in [1.29, 1.82) is 5.26 Å². The molecule has 8 nitrogen and oxygen atoms in total. The molecule has 0 saturated carbocycles. The predicted octanol–water partition coefficient (Wildman–Crippen LogP) is 7.23. The van der Waals surface area contributed by atoms with Crippen LogP contribution in [-0.2, 0) is 28.3 Å². The van der Waals surface area contributed by atoms with Crippen molar-refractivity contribution < 1.29 is 22.7 Å². The van der Waals surface area contributed by atoms with Gasteiger partial charge in [-0.2, -0.15) is 5.26 Å². The number of benzene rings is 3. The van der Waals surface area contributed by atoms with E-state index in [4.69, 9.17) is 26.3 Å². The van der Waals surface area contributed by atoms with Crippen LogP contribution in [0, 0.1) is 11.3 Å². The lowest BCUT2D eigenvalue weighted by molar-refractivity contribution is 0.102. The lowest BCUT2D eigenvalue weighted by Gasteiger charge is -2.14. The Morgan fingerprint density at radius 2 is 1.84 bits per heavy atom. The highest BCUT2D eigenvalue weighted by molar-refractivity contribution is 7.91. The molecule has 43 heavy (non-hydrogen) atoms. The van der Waals surface area contributed by atoms with Gasteiger partial charge in [-0.15, -0.1) is 11.3 Å². The highest BCUT2D eigenvalue weighted by Crippen LogP contribution is 2.29. The molecule has 1 aromatic heterocycles. The molecule has 1 amide bonds. The van der Waals surface area contributed by atoms with Gasteiger partial charge >= 0.3 is 0 Å². The summed E-state index contributed by atoms with van der Waals surface area (Å²) in [6, 6.07) is 20.0. The molecule has 4 aromatic rings. The zero-order chi connectivity index (χ0) is 31.0. The van der Waals surface area contributed by atoms with Crippen LogP contribution in [0.25, 0.3) is 0 Å². The Bertz CT molecular complexity index is 1720. The van der Waals surface area contributed by atoms with Crippen LogP contribution >= 0.6 is 22.9 Å². The summed E-state index contributed by atoms with van der Waals surface area (Å²) >= 11 is 7.41. The van der Waals surface area contributed by atoms with Gasteiger partial charge in [0.1, 0.15) is 29.2 Å². The fraction of sp³-hybridized carbons (Fsp3) is 0.281. The molecular formula is C32H32ClN3O5S2. The summed E-state index contributed by atoms with van der Waals surface area (Å²) < 4.78 is 36.9. The van der Waals surface area contributed by atoms with Gasteiger partial charge < -0.3 is 14.8 Å². The number of amides is 1. The van der Waals surface area contributed by atoms with Gasteiger partial charge in [-0.25, -0.2) is 13.4 Å². The van der Waals surface area contributed by atoms with Crippen LogP contribution < -0.4 is 14.8 Å². The number of nitrogens with one attached hydrogen (secondary N) is 1. The van der Waals surface area contributed by atoms with Gasteiger partial charge in [0.2, 0.25) is 0 Å². The first kappa shape index (κ1) is 32.0. The second-order valence-corrected chi connectivity index (χ2v) is 14.3. The number of halogens is 1. The average molecular weight is 638 g/mol. The number of nitriles is 1. The second-order valence-electron chi connectivity index (χ2n) is 10.8. The summed E-state index contributed by atoms with van der Waals surface area (Å²) in [4.78, 5) is 18.1. The molecule has 0 atom stereocenters. The number of ether oxygens (including phenoxy) is 2. The van der Waals surface area contributed by atoms with E-state index in [0.717, 1.165) is 16.3 Å². The van der Waals surface area contributed by atoms with E-state index >= 15 is 0 Å². The topological polar surface area (TPSA) is 118 Å². The van der Waals surface area contributed by atoms with Crippen molar-refractivity contribution in [2.75, 3.05) is 17.7 Å². The van der Waals surface area contributed by atoms with Gasteiger partial charge in [0.25, 0.3) is 5.91 Å². The summed E-state index contributed by atoms with van der Waals surface area (Å²) in [5, 5.41) is 15.2. The summed E-state index contributed by atoms with van der Waals surface area (Å²) in [7, 11) is -3.47. The minimum absolute atomic E-state index is 0.0467. The summed E-state index contributed by atoms with van der Waals surface area (Å²) in [6.07, 6.45) is 0.817. The fourth-order valence-electron chi connectivity index (χ4n) is 4.08. The number of hydrogen-bond acceptors (Lipinski definition) is 8. The van der Waals surface area contributed by atoms with Gasteiger partial charge in [0, 0.05) is 21.4 Å². The van der Waals surface area contributed by atoms with Gasteiger partial charge in [-0.3, -0.25) is 4.79 Å². The number of aromatic nitrogens is 1. The van der Waals surface area contributed by atoms with Gasteiger partial charge in [0.15, 0.2) is 16.4 Å². The van der Waals surface area contributed by atoms with Crippen molar-refractivity contribution in [3.8, 4) is 17.6 Å². The average Bonchev–Trinajstić information content (AvgIpc) is 3.46. The third kappa shape index (κ3) is 9.04. The lowest BCUT2D eigenvalue weighted by Crippen LogP contribution is -2.14. The molecule has 3 aromatic carbocycles. The van der Waals surface area contributed by atoms with E-state index in [1.54, 1.807) is 54.6 Å². The van der Waals surface area contributed by atoms with Crippen molar-refractivity contribution >= 4 is 44.4 Å². The van der Waals surface area contributed by atoms with E-state index in [1.165, 1.54) is 23.5 Å². The van der Waals surface area contributed by atoms with E-state index < -0.39 is 9.84 Å². The Hall–Kier alpha value is -3.91. The zero-order valence-corrected chi connectivity index (χ0v) is 26.5. The highest BCUT2D eigenvalue weighted by Gasteiger charge is 2.18. The van der Waals surface area contributed by atoms with Crippen molar-refractivity contribution in [1.82, 2.24) is 4.98 Å². The zero-order valence-electron chi connectivity index (χ0n) is 24.1. The van der Waals surface area contributed by atoms with E-state index in [-0.39, 0.29) is 35.2 Å². The van der Waals surface area contributed by atoms with Crippen LogP contribution in [0.2, 0.25) is 5.02 Å². The maximum absolute atomic E-state index is 13.2. The number of hydrogen-bond donors (Lipinski definition) is 1. The van der Waals surface area contributed by atoms with Crippen molar-refractivity contribution in [3.63, 3.8) is 0 Å². The summed E-state index contributed by atoms with van der Waals surface area (Å²) in [5.74, 6) is 0.419. The molecule has 224 valence electrons. The number of thiazole rings is 1. The molecule has 1 N–H and O–H groups in total. The molecule has 0 saturated heterocycles. The highest BCUT2D eigenvalue weighted by atomic mass is 35.5. The molecule has 0 aliphatic carbocycles. The monoisotopic (exact) mass is 637 g/mol.